The van der Waals surface area contributed by atoms with Gasteiger partial charge in [-0.3, -0.25) is 9.10 Å². The highest BCUT2D eigenvalue weighted by molar-refractivity contribution is 7.92. The number of amides is 1. The Morgan fingerprint density at radius 1 is 1.04 bits per heavy atom. The van der Waals surface area contributed by atoms with Crippen molar-refractivity contribution in [3.05, 3.63) is 65.7 Å². The third-order valence-corrected chi connectivity index (χ3v) is 5.27. The highest BCUT2D eigenvalue weighted by Crippen LogP contribution is 2.20. The van der Waals surface area contributed by atoms with Crippen LogP contribution >= 0.6 is 0 Å². The maximum Gasteiger partial charge on any atom is 0.251 e. The van der Waals surface area contributed by atoms with Gasteiger partial charge in [0.25, 0.3) is 5.91 Å². The van der Waals surface area contributed by atoms with E-state index in [2.05, 4.69) is 19.4 Å². The smallest absolute Gasteiger partial charge is 0.251 e. The SMILES string of the molecule is C[NH+](C)CCCNC(=O)c1ccc(CN(c2ccccc2)S(C)(=O)=O)cc1. The summed E-state index contributed by atoms with van der Waals surface area (Å²) in [6, 6.07) is 16.0. The van der Waals surface area contributed by atoms with Crippen LogP contribution in [-0.2, 0) is 16.6 Å². The van der Waals surface area contributed by atoms with Crippen LogP contribution in [-0.4, -0.2) is 47.8 Å². The molecule has 0 fully saturated rings. The topological polar surface area (TPSA) is 70.9 Å². The van der Waals surface area contributed by atoms with E-state index in [1.165, 1.54) is 15.5 Å². The minimum Gasteiger partial charge on any atom is -0.352 e. The van der Waals surface area contributed by atoms with Crippen LogP contribution in [0, 0.1) is 0 Å². The maximum atomic E-state index is 12.2. The summed E-state index contributed by atoms with van der Waals surface area (Å²) in [4.78, 5) is 13.5. The predicted octanol–water partition coefficient (Wildman–Crippen LogP) is 0.917. The molecule has 0 bridgehead atoms. The van der Waals surface area contributed by atoms with Crippen molar-refractivity contribution in [3.63, 3.8) is 0 Å². The van der Waals surface area contributed by atoms with Crippen molar-refractivity contribution in [2.45, 2.75) is 13.0 Å². The molecule has 0 aliphatic heterocycles. The standard InChI is InChI=1S/C20H27N3O3S/c1-22(2)15-7-14-21-20(24)18-12-10-17(11-13-18)16-23(27(3,25)26)19-8-5-4-6-9-19/h4-6,8-13H,7,14-16H2,1-3H3,(H,21,24)/p+1. The molecule has 0 aliphatic carbocycles. The summed E-state index contributed by atoms with van der Waals surface area (Å²) in [6.45, 7) is 1.86. The molecule has 0 aliphatic rings. The molecule has 0 atom stereocenters. The number of hydrogen-bond donors (Lipinski definition) is 2. The molecule has 2 rings (SSSR count). The third kappa shape index (κ3) is 6.69. The molecule has 2 aromatic carbocycles. The van der Waals surface area contributed by atoms with Crippen LogP contribution in [0.1, 0.15) is 22.3 Å². The lowest BCUT2D eigenvalue weighted by Gasteiger charge is -2.22. The van der Waals surface area contributed by atoms with E-state index in [0.717, 1.165) is 18.5 Å². The van der Waals surface area contributed by atoms with Gasteiger partial charge in [0.05, 0.1) is 39.1 Å². The number of quaternary nitrogens is 1. The Hall–Kier alpha value is -2.38. The lowest BCUT2D eigenvalue weighted by molar-refractivity contribution is -0.858. The Morgan fingerprint density at radius 2 is 1.67 bits per heavy atom. The minimum absolute atomic E-state index is 0.113. The van der Waals surface area contributed by atoms with Gasteiger partial charge in [-0.05, 0) is 29.8 Å². The van der Waals surface area contributed by atoms with Crippen molar-refractivity contribution in [3.8, 4) is 0 Å². The van der Waals surface area contributed by atoms with Crippen LogP contribution in [0.4, 0.5) is 5.69 Å². The number of nitrogens with one attached hydrogen (secondary N) is 2. The summed E-state index contributed by atoms with van der Waals surface area (Å²) in [5, 5.41) is 2.91. The summed E-state index contributed by atoms with van der Waals surface area (Å²) >= 11 is 0. The number of hydrogen-bond acceptors (Lipinski definition) is 3. The van der Waals surface area contributed by atoms with E-state index < -0.39 is 10.0 Å². The lowest BCUT2D eigenvalue weighted by atomic mass is 10.1. The molecule has 0 spiro atoms. The number of sulfonamides is 1. The van der Waals surface area contributed by atoms with Crippen LogP contribution in [0.25, 0.3) is 0 Å². The Labute approximate surface area is 161 Å². The second-order valence-corrected chi connectivity index (χ2v) is 8.78. The van der Waals surface area contributed by atoms with Gasteiger partial charge in [0.1, 0.15) is 0 Å². The fourth-order valence-electron chi connectivity index (χ4n) is 2.67. The number of benzene rings is 2. The van der Waals surface area contributed by atoms with Crippen LogP contribution in [0.3, 0.4) is 0 Å². The summed E-state index contributed by atoms with van der Waals surface area (Å²) in [5.74, 6) is -0.113. The van der Waals surface area contributed by atoms with Crippen molar-refractivity contribution < 1.29 is 18.1 Å². The van der Waals surface area contributed by atoms with Gasteiger partial charge < -0.3 is 10.2 Å². The molecule has 0 unspecified atom stereocenters. The molecule has 0 saturated carbocycles. The fourth-order valence-corrected chi connectivity index (χ4v) is 3.56. The molecular formula is C20H28N3O3S+. The monoisotopic (exact) mass is 390 g/mol. The van der Waals surface area contributed by atoms with Gasteiger partial charge in [0.2, 0.25) is 10.0 Å². The van der Waals surface area contributed by atoms with Gasteiger partial charge in [0.15, 0.2) is 0 Å². The van der Waals surface area contributed by atoms with Gasteiger partial charge in [-0.15, -0.1) is 0 Å². The minimum atomic E-state index is -3.41. The third-order valence-electron chi connectivity index (χ3n) is 4.13. The number of para-hydroxylation sites is 1. The molecule has 2 N–H and O–H groups in total. The second-order valence-electron chi connectivity index (χ2n) is 6.87. The summed E-state index contributed by atoms with van der Waals surface area (Å²) < 4.78 is 25.7. The first-order valence-electron chi connectivity index (χ1n) is 8.96. The second kappa shape index (κ2) is 9.53. The van der Waals surface area contributed by atoms with E-state index in [4.69, 9.17) is 0 Å². The average molecular weight is 391 g/mol. The number of carbonyl (C=O) groups is 1. The normalized spacial score (nSPS) is 11.4. The van der Waals surface area contributed by atoms with E-state index in [1.54, 1.807) is 48.5 Å². The zero-order chi connectivity index (χ0) is 19.9. The summed E-state index contributed by atoms with van der Waals surface area (Å²) in [5.41, 5.74) is 2.00. The number of nitrogens with zero attached hydrogens (tertiary/aromatic N) is 1. The van der Waals surface area contributed by atoms with Gasteiger partial charge >= 0.3 is 0 Å². The van der Waals surface area contributed by atoms with E-state index in [0.29, 0.717) is 17.8 Å². The van der Waals surface area contributed by atoms with Crippen molar-refractivity contribution >= 4 is 21.6 Å². The summed E-state index contributed by atoms with van der Waals surface area (Å²) in [7, 11) is 0.746. The molecule has 27 heavy (non-hydrogen) atoms. The Bertz CT molecular complexity index is 835. The molecular weight excluding hydrogens is 362 g/mol. The van der Waals surface area contributed by atoms with Crippen LogP contribution < -0.4 is 14.5 Å². The van der Waals surface area contributed by atoms with E-state index in [1.807, 2.05) is 6.07 Å². The quantitative estimate of drug-likeness (QED) is 0.626. The van der Waals surface area contributed by atoms with Crippen LogP contribution in [0.5, 0.6) is 0 Å². The molecule has 0 saturated heterocycles. The highest BCUT2D eigenvalue weighted by Gasteiger charge is 2.17. The van der Waals surface area contributed by atoms with E-state index in [-0.39, 0.29) is 12.5 Å². The number of carbonyl (C=O) groups excluding carboxylic acids is 1. The zero-order valence-corrected chi connectivity index (χ0v) is 16.9. The van der Waals surface area contributed by atoms with Crippen LogP contribution in [0.15, 0.2) is 54.6 Å². The van der Waals surface area contributed by atoms with Gasteiger partial charge in [-0.25, -0.2) is 8.42 Å². The zero-order valence-electron chi connectivity index (χ0n) is 16.1. The van der Waals surface area contributed by atoms with Crippen LogP contribution in [0.2, 0.25) is 0 Å². The van der Waals surface area contributed by atoms with Crippen molar-refractivity contribution in [1.29, 1.82) is 0 Å². The first-order chi connectivity index (χ1) is 12.8. The Kier molecular flexibility index (Phi) is 7.38. The maximum absolute atomic E-state index is 12.2. The lowest BCUT2D eigenvalue weighted by Crippen LogP contribution is -3.05. The van der Waals surface area contributed by atoms with Gasteiger partial charge in [-0.2, -0.15) is 0 Å². The number of anilines is 1. The van der Waals surface area contributed by atoms with Gasteiger partial charge in [0, 0.05) is 18.5 Å². The first kappa shape index (κ1) is 20.9. The molecule has 7 heteroatoms. The molecule has 0 radical (unpaired) electrons. The Morgan fingerprint density at radius 3 is 2.22 bits per heavy atom. The van der Waals surface area contributed by atoms with Crippen molar-refractivity contribution in [2.24, 2.45) is 0 Å². The summed E-state index contributed by atoms with van der Waals surface area (Å²) in [6.07, 6.45) is 2.11. The first-order valence-corrected chi connectivity index (χ1v) is 10.8. The van der Waals surface area contributed by atoms with Crippen molar-refractivity contribution in [1.82, 2.24) is 5.32 Å². The highest BCUT2D eigenvalue weighted by atomic mass is 32.2. The molecule has 6 nitrogen and oxygen atoms in total. The fraction of sp³-hybridized carbons (Fsp3) is 0.350. The molecule has 0 heterocycles. The molecule has 2 aromatic rings. The van der Waals surface area contributed by atoms with E-state index in [9.17, 15) is 13.2 Å². The van der Waals surface area contributed by atoms with Crippen molar-refractivity contribution in [2.75, 3.05) is 37.7 Å². The molecule has 1 amide bonds. The molecule has 0 aromatic heterocycles. The predicted molar refractivity (Wildman–Crippen MR) is 109 cm³/mol. The Balaban J connectivity index is 2.02. The largest absolute Gasteiger partial charge is 0.352 e. The van der Waals surface area contributed by atoms with E-state index >= 15 is 0 Å². The number of rotatable bonds is 9. The molecule has 146 valence electrons. The van der Waals surface area contributed by atoms with Gasteiger partial charge in [-0.1, -0.05) is 30.3 Å². The average Bonchev–Trinajstić information content (AvgIpc) is 2.63.